The average molecular weight is 504 g/mol. The second kappa shape index (κ2) is 9.69. The molecule has 4 rings (SSSR count). The highest BCUT2D eigenvalue weighted by molar-refractivity contribution is 7.89. The fourth-order valence-electron chi connectivity index (χ4n) is 3.79. The minimum absolute atomic E-state index is 0.192. The lowest BCUT2D eigenvalue weighted by atomic mass is 9.98. The van der Waals surface area contributed by atoms with Crippen LogP contribution >= 0.6 is 22.9 Å². The van der Waals surface area contributed by atoms with Gasteiger partial charge in [0.2, 0.25) is 10.0 Å². The number of carbonyl (C=O) groups is 1. The number of benzene rings is 2. The SMILES string of the molecule is C#CCn1c(=NC(=O)C2CCN(S(=O)(=O)c3ccc(Cl)cc3)CC2)sc2cc(OC)ccc21. The van der Waals surface area contributed by atoms with Crippen molar-refractivity contribution in [3.05, 3.63) is 52.3 Å². The Kier molecular flexibility index (Phi) is 6.91. The molecule has 0 bridgehead atoms. The van der Waals surface area contributed by atoms with Gasteiger partial charge >= 0.3 is 0 Å². The van der Waals surface area contributed by atoms with E-state index >= 15 is 0 Å². The standard InChI is InChI=1S/C23H22ClN3O4S2/c1-3-12-27-20-9-6-18(31-2)15-21(20)32-23(27)25-22(28)16-10-13-26(14-11-16)33(29,30)19-7-4-17(24)5-8-19/h1,4-9,15-16H,10-14H2,2H3. The summed E-state index contributed by atoms with van der Waals surface area (Å²) in [7, 11) is -2.03. The summed E-state index contributed by atoms with van der Waals surface area (Å²) in [5.74, 6) is 2.71. The molecule has 172 valence electrons. The Bertz CT molecular complexity index is 1390. The molecule has 1 saturated heterocycles. The Morgan fingerprint density at radius 2 is 1.94 bits per heavy atom. The van der Waals surface area contributed by atoms with Crippen LogP contribution in [0.25, 0.3) is 10.2 Å². The first-order chi connectivity index (χ1) is 15.8. The topological polar surface area (TPSA) is 81.0 Å². The third kappa shape index (κ3) is 4.84. The molecule has 0 N–H and O–H groups in total. The smallest absolute Gasteiger partial charge is 0.251 e. The van der Waals surface area contributed by atoms with Gasteiger partial charge in [-0.2, -0.15) is 9.30 Å². The number of ether oxygens (including phenoxy) is 1. The Morgan fingerprint density at radius 3 is 2.58 bits per heavy atom. The molecule has 1 fully saturated rings. The summed E-state index contributed by atoms with van der Waals surface area (Å²) >= 11 is 7.24. The third-order valence-electron chi connectivity index (χ3n) is 5.60. The van der Waals surface area contributed by atoms with Gasteiger partial charge in [-0.15, -0.1) is 6.42 Å². The highest BCUT2D eigenvalue weighted by Crippen LogP contribution is 2.26. The fraction of sp³-hybridized carbons (Fsp3) is 0.304. The van der Waals surface area contributed by atoms with Crippen LogP contribution in [0.2, 0.25) is 5.02 Å². The van der Waals surface area contributed by atoms with E-state index in [1.165, 1.54) is 27.8 Å². The average Bonchev–Trinajstić information content (AvgIpc) is 3.15. The van der Waals surface area contributed by atoms with Crippen molar-refractivity contribution in [2.45, 2.75) is 24.3 Å². The summed E-state index contributed by atoms with van der Waals surface area (Å²) in [6.07, 6.45) is 6.35. The number of rotatable bonds is 5. The Balaban J connectivity index is 1.53. The number of carbonyl (C=O) groups excluding carboxylic acids is 1. The molecule has 0 saturated carbocycles. The first-order valence-electron chi connectivity index (χ1n) is 10.3. The van der Waals surface area contributed by atoms with Crippen molar-refractivity contribution < 1.29 is 17.9 Å². The zero-order valence-electron chi connectivity index (χ0n) is 17.9. The minimum Gasteiger partial charge on any atom is -0.497 e. The number of aromatic nitrogens is 1. The van der Waals surface area contributed by atoms with Gasteiger partial charge in [0.1, 0.15) is 5.75 Å². The predicted octanol–water partition coefficient (Wildman–Crippen LogP) is 3.53. The Labute approximate surface area is 201 Å². The molecule has 2 aromatic carbocycles. The second-order valence-corrected chi connectivity index (χ2v) is 11.0. The number of fused-ring (bicyclic) bond motifs is 1. The van der Waals surface area contributed by atoms with Crippen molar-refractivity contribution in [1.82, 2.24) is 8.87 Å². The maximum absolute atomic E-state index is 13.0. The first kappa shape index (κ1) is 23.5. The van der Waals surface area contributed by atoms with Crippen LogP contribution in [0, 0.1) is 18.3 Å². The van der Waals surface area contributed by atoms with Gasteiger partial charge < -0.3 is 9.30 Å². The Morgan fingerprint density at radius 1 is 1.24 bits per heavy atom. The lowest BCUT2D eigenvalue weighted by Gasteiger charge is -2.29. The maximum atomic E-state index is 13.0. The van der Waals surface area contributed by atoms with Crippen molar-refractivity contribution in [3.63, 3.8) is 0 Å². The second-order valence-electron chi connectivity index (χ2n) is 7.59. The largest absolute Gasteiger partial charge is 0.497 e. The molecule has 0 spiro atoms. The summed E-state index contributed by atoms with van der Waals surface area (Å²) in [5, 5.41) is 0.474. The van der Waals surface area contributed by atoms with Gasteiger partial charge in [-0.05, 0) is 55.3 Å². The zero-order valence-corrected chi connectivity index (χ0v) is 20.3. The van der Waals surface area contributed by atoms with Gasteiger partial charge in [0.05, 0.1) is 28.8 Å². The van der Waals surface area contributed by atoms with E-state index < -0.39 is 10.0 Å². The summed E-state index contributed by atoms with van der Waals surface area (Å²) in [5.41, 5.74) is 0.883. The number of hydrogen-bond acceptors (Lipinski definition) is 5. The molecule has 2 heterocycles. The summed E-state index contributed by atoms with van der Waals surface area (Å²) in [6, 6.07) is 11.7. The van der Waals surface area contributed by atoms with Gasteiger partial charge in [-0.1, -0.05) is 28.9 Å². The highest BCUT2D eigenvalue weighted by atomic mass is 35.5. The van der Waals surface area contributed by atoms with Crippen LogP contribution in [0.4, 0.5) is 0 Å². The van der Waals surface area contributed by atoms with E-state index in [-0.39, 0.29) is 36.4 Å². The van der Waals surface area contributed by atoms with Crippen LogP contribution in [0.1, 0.15) is 12.8 Å². The maximum Gasteiger partial charge on any atom is 0.251 e. The van der Waals surface area contributed by atoms with Crippen molar-refractivity contribution in [3.8, 4) is 18.1 Å². The van der Waals surface area contributed by atoms with E-state index in [0.717, 1.165) is 10.2 Å². The number of nitrogens with zero attached hydrogens (tertiary/aromatic N) is 3. The molecule has 0 atom stereocenters. The number of halogens is 1. The van der Waals surface area contributed by atoms with Gasteiger partial charge in [0.15, 0.2) is 4.80 Å². The molecule has 3 aromatic rings. The van der Waals surface area contributed by atoms with E-state index in [9.17, 15) is 13.2 Å². The molecule has 1 aliphatic heterocycles. The van der Waals surface area contributed by atoms with E-state index in [4.69, 9.17) is 22.8 Å². The van der Waals surface area contributed by atoms with Crippen molar-refractivity contribution in [2.75, 3.05) is 20.2 Å². The summed E-state index contributed by atoms with van der Waals surface area (Å²) in [4.78, 5) is 18.0. The molecule has 1 aliphatic rings. The number of methoxy groups -OCH3 is 1. The number of amides is 1. The van der Waals surface area contributed by atoms with Gasteiger partial charge in [-0.25, -0.2) is 8.42 Å². The van der Waals surface area contributed by atoms with Crippen LogP contribution < -0.4 is 9.54 Å². The van der Waals surface area contributed by atoms with Gasteiger partial charge in [0.25, 0.3) is 5.91 Å². The van der Waals surface area contributed by atoms with Crippen molar-refractivity contribution >= 4 is 49.1 Å². The minimum atomic E-state index is -3.63. The van der Waals surface area contributed by atoms with Crippen molar-refractivity contribution in [2.24, 2.45) is 10.9 Å². The van der Waals surface area contributed by atoms with Crippen molar-refractivity contribution in [1.29, 1.82) is 0 Å². The monoisotopic (exact) mass is 503 g/mol. The summed E-state index contributed by atoms with van der Waals surface area (Å²) in [6.45, 7) is 0.798. The fourth-order valence-corrected chi connectivity index (χ4v) is 6.45. The molecule has 0 unspecified atom stereocenters. The molecular formula is C23H22ClN3O4S2. The molecule has 0 radical (unpaired) electrons. The van der Waals surface area contributed by atoms with Crippen LogP contribution in [0.15, 0.2) is 52.4 Å². The molecule has 10 heteroatoms. The summed E-state index contributed by atoms with van der Waals surface area (Å²) < 4.78 is 35.2. The van der Waals surface area contributed by atoms with E-state index in [1.54, 1.807) is 19.2 Å². The Hall–Kier alpha value is -2.64. The van der Waals surface area contributed by atoms with Crippen LogP contribution in [0.5, 0.6) is 5.75 Å². The van der Waals surface area contributed by atoms with Gasteiger partial charge in [0, 0.05) is 24.0 Å². The number of terminal acetylenes is 1. The van der Waals surface area contributed by atoms with Gasteiger partial charge in [-0.3, -0.25) is 4.79 Å². The number of sulfonamides is 1. The third-order valence-corrected chi connectivity index (χ3v) is 8.81. The number of piperidine rings is 1. The van der Waals surface area contributed by atoms with E-state index in [0.29, 0.717) is 28.4 Å². The molecule has 1 amide bonds. The normalized spacial score (nSPS) is 16.1. The lowest BCUT2D eigenvalue weighted by molar-refractivity contribution is -0.122. The van der Waals surface area contributed by atoms with E-state index in [2.05, 4.69) is 10.9 Å². The molecule has 7 nitrogen and oxygen atoms in total. The van der Waals surface area contributed by atoms with Crippen LogP contribution in [-0.4, -0.2) is 43.4 Å². The number of hydrogen-bond donors (Lipinski definition) is 0. The molecular weight excluding hydrogens is 482 g/mol. The highest BCUT2D eigenvalue weighted by Gasteiger charge is 2.32. The predicted molar refractivity (Wildman–Crippen MR) is 129 cm³/mol. The quantitative estimate of drug-likeness (QED) is 0.499. The zero-order chi connectivity index (χ0) is 23.6. The lowest BCUT2D eigenvalue weighted by Crippen LogP contribution is -2.40. The number of thiazole rings is 1. The molecule has 1 aromatic heterocycles. The van der Waals surface area contributed by atoms with E-state index in [1.807, 2.05) is 22.8 Å². The van der Waals surface area contributed by atoms with Crippen LogP contribution in [-0.2, 0) is 21.4 Å². The molecule has 0 aliphatic carbocycles. The van der Waals surface area contributed by atoms with Crippen LogP contribution in [0.3, 0.4) is 0 Å². The molecule has 33 heavy (non-hydrogen) atoms. The first-order valence-corrected chi connectivity index (χ1v) is 12.9.